The number of esters is 1. The summed E-state index contributed by atoms with van der Waals surface area (Å²) in [7, 11) is -2.71. The zero-order valence-corrected chi connectivity index (χ0v) is 20.8. The summed E-state index contributed by atoms with van der Waals surface area (Å²) in [6.07, 6.45) is -1.03. The molecule has 0 aliphatic carbocycles. The molecule has 0 N–H and O–H groups in total. The van der Waals surface area contributed by atoms with E-state index in [1.54, 1.807) is 20.8 Å². The molecule has 0 aliphatic heterocycles. The first-order chi connectivity index (χ1) is 16.3. The summed E-state index contributed by atoms with van der Waals surface area (Å²) in [4.78, 5) is 11.7. The second-order valence-electron chi connectivity index (χ2n) is 8.76. The van der Waals surface area contributed by atoms with Crippen LogP contribution in [0.1, 0.15) is 27.7 Å². The van der Waals surface area contributed by atoms with E-state index in [-0.39, 0.29) is 21.8 Å². The second kappa shape index (κ2) is 10.0. The van der Waals surface area contributed by atoms with Gasteiger partial charge in [0.25, 0.3) is 0 Å². The Hall–Kier alpha value is -3.46. The van der Waals surface area contributed by atoms with E-state index >= 15 is 4.39 Å². The van der Waals surface area contributed by atoms with Gasteiger partial charge in [-0.05, 0) is 87.9 Å². The van der Waals surface area contributed by atoms with E-state index in [0.29, 0.717) is 5.75 Å². The predicted molar refractivity (Wildman–Crippen MR) is 126 cm³/mol. The lowest BCUT2D eigenvalue weighted by Gasteiger charge is -2.23. The number of methoxy groups -OCH3 is 1. The summed E-state index contributed by atoms with van der Waals surface area (Å²) in [5.74, 6) is -1.70. The van der Waals surface area contributed by atoms with Crippen molar-refractivity contribution in [2.75, 3.05) is 7.11 Å². The number of carbonyl (C=O) groups is 1. The van der Waals surface area contributed by atoms with E-state index in [9.17, 15) is 17.6 Å². The van der Waals surface area contributed by atoms with Crippen molar-refractivity contribution in [1.29, 1.82) is 0 Å². The lowest BCUT2D eigenvalue weighted by molar-refractivity contribution is -0.162. The van der Waals surface area contributed by atoms with Crippen molar-refractivity contribution < 1.29 is 36.2 Å². The maximum atomic E-state index is 15.1. The molecule has 35 heavy (non-hydrogen) atoms. The molecule has 1 atom stereocenters. The SMILES string of the molecule is COc1ccc(S(=O)(=O)c2ccc(-c3cc(F)ccc3OC(C)C(=O)OC(C)(C)C)cc2F)cc1. The van der Waals surface area contributed by atoms with Gasteiger partial charge in [0.2, 0.25) is 9.84 Å². The van der Waals surface area contributed by atoms with Crippen molar-refractivity contribution in [3.05, 3.63) is 72.3 Å². The Kier molecular flexibility index (Phi) is 7.50. The number of hydrogen-bond acceptors (Lipinski definition) is 6. The molecule has 1 unspecified atom stereocenters. The highest BCUT2D eigenvalue weighted by Gasteiger charge is 2.26. The summed E-state index contributed by atoms with van der Waals surface area (Å²) >= 11 is 0. The van der Waals surface area contributed by atoms with E-state index in [1.807, 2.05) is 0 Å². The summed E-state index contributed by atoms with van der Waals surface area (Å²) in [6, 6.07) is 12.6. The van der Waals surface area contributed by atoms with Crippen LogP contribution >= 0.6 is 0 Å². The Balaban J connectivity index is 1.95. The summed E-state index contributed by atoms with van der Waals surface area (Å²) in [5.41, 5.74) is -0.413. The first kappa shape index (κ1) is 26.2. The van der Waals surface area contributed by atoms with Crippen molar-refractivity contribution in [2.24, 2.45) is 0 Å². The Morgan fingerprint density at radius 2 is 1.60 bits per heavy atom. The molecule has 0 radical (unpaired) electrons. The molecule has 0 heterocycles. The second-order valence-corrected chi connectivity index (χ2v) is 10.7. The smallest absolute Gasteiger partial charge is 0.347 e. The maximum Gasteiger partial charge on any atom is 0.347 e. The van der Waals surface area contributed by atoms with E-state index in [1.165, 1.54) is 50.4 Å². The standard InChI is InChI=1S/C26H26F2O6S/c1-16(25(29)34-26(2,3)4)33-23-12-7-18(27)15-21(23)17-6-13-24(22(28)14-17)35(30,31)20-10-8-19(32-5)9-11-20/h6-16H,1-5H3. The molecule has 0 saturated heterocycles. The summed E-state index contributed by atoms with van der Waals surface area (Å²) in [6.45, 7) is 6.62. The van der Waals surface area contributed by atoms with Gasteiger partial charge in [-0.25, -0.2) is 22.0 Å². The zero-order valence-electron chi connectivity index (χ0n) is 20.0. The van der Waals surface area contributed by atoms with Crippen LogP contribution in [0.25, 0.3) is 11.1 Å². The van der Waals surface area contributed by atoms with E-state index < -0.39 is 44.0 Å². The van der Waals surface area contributed by atoms with Gasteiger partial charge >= 0.3 is 5.97 Å². The molecule has 0 aliphatic rings. The number of ether oxygens (including phenoxy) is 3. The highest BCUT2D eigenvalue weighted by Crippen LogP contribution is 2.34. The molecule has 0 saturated carbocycles. The maximum absolute atomic E-state index is 15.1. The van der Waals surface area contributed by atoms with Gasteiger partial charge in [0.1, 0.15) is 33.6 Å². The topological polar surface area (TPSA) is 78.9 Å². The van der Waals surface area contributed by atoms with Gasteiger partial charge < -0.3 is 14.2 Å². The molecule has 3 aromatic rings. The minimum atomic E-state index is -4.16. The normalized spacial score (nSPS) is 12.7. The fraction of sp³-hybridized carbons (Fsp3) is 0.269. The van der Waals surface area contributed by atoms with Crippen molar-refractivity contribution in [3.63, 3.8) is 0 Å². The first-order valence-electron chi connectivity index (χ1n) is 10.7. The van der Waals surface area contributed by atoms with Crippen LogP contribution in [0, 0.1) is 11.6 Å². The Bertz CT molecular complexity index is 1330. The number of benzene rings is 3. The molecule has 186 valence electrons. The van der Waals surface area contributed by atoms with Gasteiger partial charge in [-0.2, -0.15) is 0 Å². The number of rotatable bonds is 7. The van der Waals surface area contributed by atoms with E-state index in [2.05, 4.69) is 0 Å². The fourth-order valence-corrected chi connectivity index (χ4v) is 4.53. The number of sulfone groups is 1. The molecular formula is C26H26F2O6S. The fourth-order valence-electron chi connectivity index (χ4n) is 3.22. The van der Waals surface area contributed by atoms with Crippen LogP contribution in [0.2, 0.25) is 0 Å². The van der Waals surface area contributed by atoms with Crippen molar-refractivity contribution in [2.45, 2.75) is 49.2 Å². The summed E-state index contributed by atoms with van der Waals surface area (Å²) < 4.78 is 71.0. The van der Waals surface area contributed by atoms with Gasteiger partial charge in [0.15, 0.2) is 6.10 Å². The molecule has 0 bridgehead atoms. The Morgan fingerprint density at radius 3 is 2.17 bits per heavy atom. The molecule has 3 aromatic carbocycles. The van der Waals surface area contributed by atoms with Crippen LogP contribution in [-0.4, -0.2) is 33.2 Å². The molecule has 6 nitrogen and oxygen atoms in total. The van der Waals surface area contributed by atoms with Gasteiger partial charge in [-0.15, -0.1) is 0 Å². The average molecular weight is 505 g/mol. The van der Waals surface area contributed by atoms with Crippen molar-refractivity contribution >= 4 is 15.8 Å². The van der Waals surface area contributed by atoms with E-state index in [4.69, 9.17) is 14.2 Å². The summed E-state index contributed by atoms with van der Waals surface area (Å²) in [5, 5.41) is 0. The average Bonchev–Trinajstić information content (AvgIpc) is 2.78. The molecule has 0 amide bonds. The first-order valence-corrected chi connectivity index (χ1v) is 12.2. The van der Waals surface area contributed by atoms with Crippen LogP contribution in [-0.2, 0) is 19.4 Å². The highest BCUT2D eigenvalue weighted by molar-refractivity contribution is 7.91. The molecule has 0 aromatic heterocycles. The molecule has 3 rings (SSSR count). The number of carbonyl (C=O) groups excluding carboxylic acids is 1. The Morgan fingerprint density at radius 1 is 0.943 bits per heavy atom. The van der Waals surface area contributed by atoms with Crippen LogP contribution in [0.15, 0.2) is 70.5 Å². The Labute approximate surface area is 203 Å². The minimum Gasteiger partial charge on any atom is -0.497 e. The molecular weight excluding hydrogens is 478 g/mol. The predicted octanol–water partition coefficient (Wildman–Crippen LogP) is 5.58. The largest absolute Gasteiger partial charge is 0.497 e. The van der Waals surface area contributed by atoms with Gasteiger partial charge in [-0.1, -0.05) is 6.07 Å². The third-order valence-corrected chi connectivity index (χ3v) is 6.69. The van der Waals surface area contributed by atoms with Crippen LogP contribution in [0.3, 0.4) is 0 Å². The highest BCUT2D eigenvalue weighted by atomic mass is 32.2. The minimum absolute atomic E-state index is 0.106. The number of halogens is 2. The van der Waals surface area contributed by atoms with Crippen molar-refractivity contribution in [3.8, 4) is 22.6 Å². The third-order valence-electron chi connectivity index (χ3n) is 4.89. The van der Waals surface area contributed by atoms with Crippen molar-refractivity contribution in [1.82, 2.24) is 0 Å². The van der Waals surface area contributed by atoms with Crippen LogP contribution < -0.4 is 9.47 Å². The quantitative estimate of drug-likeness (QED) is 0.391. The molecule has 9 heteroatoms. The lowest BCUT2D eigenvalue weighted by Crippen LogP contribution is -2.33. The third kappa shape index (κ3) is 6.16. The zero-order chi connectivity index (χ0) is 26.0. The van der Waals surface area contributed by atoms with Gasteiger partial charge in [-0.3, -0.25) is 0 Å². The molecule has 0 spiro atoms. The van der Waals surface area contributed by atoms with E-state index in [0.717, 1.165) is 24.3 Å². The lowest BCUT2D eigenvalue weighted by atomic mass is 10.0. The number of hydrogen-bond donors (Lipinski definition) is 0. The monoisotopic (exact) mass is 504 g/mol. The van der Waals surface area contributed by atoms with Gasteiger partial charge in [0, 0.05) is 5.56 Å². The van der Waals surface area contributed by atoms with Crippen LogP contribution in [0.5, 0.6) is 11.5 Å². The van der Waals surface area contributed by atoms with Gasteiger partial charge in [0.05, 0.1) is 12.0 Å². The molecule has 0 fully saturated rings. The van der Waals surface area contributed by atoms with Crippen LogP contribution in [0.4, 0.5) is 8.78 Å².